The summed E-state index contributed by atoms with van der Waals surface area (Å²) >= 11 is 0. The maximum absolute atomic E-state index is 5.36. The summed E-state index contributed by atoms with van der Waals surface area (Å²) in [7, 11) is -1.34. The molecule has 0 bridgehead atoms. The molecule has 0 spiro atoms. The van der Waals surface area contributed by atoms with Gasteiger partial charge >= 0.3 is 0 Å². The van der Waals surface area contributed by atoms with Gasteiger partial charge in [-0.3, -0.25) is 19.1 Å². The molecule has 42 heavy (non-hydrogen) atoms. The molecule has 204 valence electrons. The molecular weight excluding hydrogens is 533 g/mol. The lowest BCUT2D eigenvalue weighted by Crippen LogP contribution is -2.16. The maximum atomic E-state index is 5.36. The number of imidazole rings is 2. The van der Waals surface area contributed by atoms with Crippen LogP contribution >= 0.6 is 0 Å². The van der Waals surface area contributed by atoms with Gasteiger partial charge in [-0.05, 0) is 72.8 Å². The minimum Gasteiger partial charge on any atom is -0.299 e. The third-order valence-electron chi connectivity index (χ3n) is 6.27. The Morgan fingerprint density at radius 2 is 1.00 bits per heavy atom. The molecule has 0 aliphatic carbocycles. The van der Waals surface area contributed by atoms with Crippen LogP contribution < -0.4 is 0 Å². The lowest BCUT2D eigenvalue weighted by molar-refractivity contribution is 1.06. The van der Waals surface area contributed by atoms with Gasteiger partial charge in [-0.2, -0.15) is 0 Å². The zero-order chi connectivity index (χ0) is 29.4. The van der Waals surface area contributed by atoms with E-state index in [0.717, 1.165) is 45.0 Å². The first-order valence-electron chi connectivity index (χ1n) is 13.5. The highest BCUT2D eigenvalue weighted by Gasteiger charge is 2.09. The van der Waals surface area contributed by atoms with Crippen molar-refractivity contribution in [3.8, 4) is 57.7 Å². The van der Waals surface area contributed by atoms with Crippen LogP contribution in [0, 0.1) is 23.8 Å². The van der Waals surface area contributed by atoms with Crippen molar-refractivity contribution in [1.82, 2.24) is 29.1 Å². The lowest BCUT2D eigenvalue weighted by atomic mass is 10.2. The highest BCUT2D eigenvalue weighted by atomic mass is 28.3. The highest BCUT2D eigenvalue weighted by molar-refractivity contribution is 6.83. The summed E-state index contributed by atoms with van der Waals surface area (Å²) in [5.41, 5.74) is 11.7. The Labute approximate surface area is 247 Å². The molecular formula is C35H30N6Si. The summed E-state index contributed by atoms with van der Waals surface area (Å²) < 4.78 is 4.10. The molecule has 6 rings (SSSR count). The van der Waals surface area contributed by atoms with Crippen molar-refractivity contribution >= 4 is 8.07 Å². The van der Waals surface area contributed by atoms with Crippen LogP contribution in [0.3, 0.4) is 0 Å². The van der Waals surface area contributed by atoms with Crippen molar-refractivity contribution in [3.05, 3.63) is 134 Å². The Morgan fingerprint density at radius 1 is 0.571 bits per heavy atom. The number of benzene rings is 2. The third-order valence-corrected chi connectivity index (χ3v) is 7.14. The summed E-state index contributed by atoms with van der Waals surface area (Å²) in [5, 5.41) is 0. The van der Waals surface area contributed by atoms with Gasteiger partial charge in [-0.15, -0.1) is 12.0 Å². The summed E-state index contributed by atoms with van der Waals surface area (Å²) in [6, 6.07) is 24.0. The summed E-state index contributed by atoms with van der Waals surface area (Å²) in [4.78, 5) is 16.6. The van der Waals surface area contributed by atoms with E-state index in [-0.39, 0.29) is 0 Å². The summed E-state index contributed by atoms with van der Waals surface area (Å²) in [6.45, 7) is 6.75. The Morgan fingerprint density at radius 3 is 1.40 bits per heavy atom. The number of hydrogen-bond donors (Lipinski definition) is 0. The first-order chi connectivity index (χ1) is 20.4. The van der Waals surface area contributed by atoms with Crippen molar-refractivity contribution in [2.24, 2.45) is 0 Å². The molecule has 6 nitrogen and oxygen atoms in total. The Kier molecular flexibility index (Phi) is 8.53. The second-order valence-electron chi connectivity index (χ2n) is 10.5. The normalized spacial score (nSPS) is 10.5. The smallest absolute Gasteiger partial charge is 0.129 e. The molecule has 0 aliphatic heterocycles. The van der Waals surface area contributed by atoms with Gasteiger partial charge in [-0.1, -0.05) is 31.5 Å². The topological polar surface area (TPSA) is 61.4 Å². The van der Waals surface area contributed by atoms with Gasteiger partial charge in [0.1, 0.15) is 8.07 Å². The zero-order valence-electron chi connectivity index (χ0n) is 23.8. The van der Waals surface area contributed by atoms with Crippen molar-refractivity contribution < 1.29 is 0 Å². The Hall–Kier alpha value is -5.50. The van der Waals surface area contributed by atoms with E-state index in [1.54, 1.807) is 31.1 Å². The van der Waals surface area contributed by atoms with Crippen LogP contribution in [0.1, 0.15) is 11.1 Å². The standard InChI is InChI=1S/C19H19N3Si.C16H11N3/c1-23(2,3)13-10-16-4-6-18(7-5-16)22-15-21-14-19(22)17-8-11-20-12-9-17;1-2-13-3-5-15(6-4-13)19-12-18-11-16(19)14-7-9-17-10-8-14/h4-9,11-12,14-15H,1-3H3;1,3-12H. The molecule has 2 aromatic carbocycles. The number of pyridine rings is 2. The second-order valence-corrected chi connectivity index (χ2v) is 15.3. The SMILES string of the molecule is C#Cc1ccc(-n2cncc2-c2ccncc2)cc1.C[Si](C)(C)C#Cc1ccc(-n2cncc2-c2ccncc2)cc1. The second kappa shape index (κ2) is 12.8. The van der Waals surface area contributed by atoms with Crippen LogP contribution in [0.25, 0.3) is 33.9 Å². The summed E-state index contributed by atoms with van der Waals surface area (Å²) in [5.74, 6) is 5.89. The van der Waals surface area contributed by atoms with Crippen LogP contribution in [0.5, 0.6) is 0 Å². The molecule has 7 heteroatoms. The van der Waals surface area contributed by atoms with Crippen LogP contribution in [0.2, 0.25) is 19.6 Å². The fraction of sp³-hybridized carbons (Fsp3) is 0.0857. The number of hydrogen-bond acceptors (Lipinski definition) is 4. The molecule has 4 aromatic heterocycles. The van der Waals surface area contributed by atoms with Crippen molar-refractivity contribution in [2.45, 2.75) is 19.6 Å². The predicted molar refractivity (Wildman–Crippen MR) is 172 cm³/mol. The lowest BCUT2D eigenvalue weighted by Gasteiger charge is -2.08. The molecule has 0 fully saturated rings. The molecule has 0 atom stereocenters. The van der Waals surface area contributed by atoms with E-state index in [0.29, 0.717) is 0 Å². The fourth-order valence-corrected chi connectivity index (χ4v) is 4.68. The molecule has 6 aromatic rings. The van der Waals surface area contributed by atoms with Crippen molar-refractivity contribution in [3.63, 3.8) is 0 Å². The predicted octanol–water partition coefficient (Wildman–Crippen LogP) is 7.08. The van der Waals surface area contributed by atoms with E-state index in [4.69, 9.17) is 6.42 Å². The van der Waals surface area contributed by atoms with Crippen LogP contribution in [0.15, 0.2) is 123 Å². The largest absolute Gasteiger partial charge is 0.299 e. The zero-order valence-corrected chi connectivity index (χ0v) is 24.8. The van der Waals surface area contributed by atoms with Crippen molar-refractivity contribution in [2.75, 3.05) is 0 Å². The van der Waals surface area contributed by atoms with Crippen molar-refractivity contribution in [1.29, 1.82) is 0 Å². The average Bonchev–Trinajstić information content (AvgIpc) is 3.72. The van der Waals surface area contributed by atoms with E-state index in [9.17, 15) is 0 Å². The van der Waals surface area contributed by atoms with Gasteiger partial charge in [0.15, 0.2) is 0 Å². The quantitative estimate of drug-likeness (QED) is 0.170. The molecule has 0 radical (unpaired) electrons. The Bertz CT molecular complexity index is 1850. The van der Waals surface area contributed by atoms with Gasteiger partial charge in [0.25, 0.3) is 0 Å². The van der Waals surface area contributed by atoms with Gasteiger partial charge in [0.05, 0.1) is 36.4 Å². The Balaban J connectivity index is 0.000000171. The monoisotopic (exact) mass is 562 g/mol. The first kappa shape index (κ1) is 28.0. The number of rotatable bonds is 4. The van der Waals surface area contributed by atoms with E-state index in [2.05, 4.69) is 85.8 Å². The van der Waals surface area contributed by atoms with E-state index < -0.39 is 8.07 Å². The van der Waals surface area contributed by atoms with Crippen LogP contribution in [-0.4, -0.2) is 37.1 Å². The number of terminal acetylenes is 1. The maximum Gasteiger partial charge on any atom is 0.129 e. The molecule has 0 saturated carbocycles. The molecule has 0 N–H and O–H groups in total. The molecule has 4 heterocycles. The molecule has 0 amide bonds. The number of nitrogens with zero attached hydrogens (tertiary/aromatic N) is 6. The first-order valence-corrected chi connectivity index (χ1v) is 17.0. The van der Waals surface area contributed by atoms with Crippen LogP contribution in [0.4, 0.5) is 0 Å². The third kappa shape index (κ3) is 6.97. The van der Waals surface area contributed by atoms with Gasteiger partial charge < -0.3 is 0 Å². The highest BCUT2D eigenvalue weighted by Crippen LogP contribution is 2.23. The molecule has 0 aliphatic rings. The minimum atomic E-state index is -1.34. The van der Waals surface area contributed by atoms with Crippen LogP contribution in [-0.2, 0) is 0 Å². The van der Waals surface area contributed by atoms with Gasteiger partial charge in [0.2, 0.25) is 0 Å². The van der Waals surface area contributed by atoms with E-state index in [1.807, 2.05) is 71.8 Å². The van der Waals surface area contributed by atoms with E-state index in [1.165, 1.54) is 0 Å². The molecule has 0 unspecified atom stereocenters. The van der Waals surface area contributed by atoms with Gasteiger partial charge in [0, 0.05) is 58.4 Å². The average molecular weight is 563 g/mol. The van der Waals surface area contributed by atoms with E-state index >= 15 is 0 Å². The fourth-order valence-electron chi connectivity index (χ4n) is 4.16. The minimum absolute atomic E-state index is 0.870. The number of aromatic nitrogens is 6. The molecule has 0 saturated heterocycles. The van der Waals surface area contributed by atoms with Gasteiger partial charge in [-0.25, -0.2) is 9.97 Å². The summed E-state index contributed by atoms with van der Waals surface area (Å²) in [6.07, 6.45) is 19.8.